The van der Waals surface area contributed by atoms with Crippen LogP contribution in [0, 0.1) is 0 Å². The molecule has 0 radical (unpaired) electrons. The summed E-state index contributed by atoms with van der Waals surface area (Å²) in [5.41, 5.74) is 8.41. The molecular weight excluding hydrogens is 280 g/mol. The minimum atomic E-state index is -0.241. The van der Waals surface area contributed by atoms with Crippen molar-refractivity contribution in [2.75, 3.05) is 7.05 Å². The second-order valence-electron chi connectivity index (χ2n) is 5.41. The monoisotopic (exact) mass is 302 g/mol. The summed E-state index contributed by atoms with van der Waals surface area (Å²) in [6.45, 7) is 2.07. The van der Waals surface area contributed by atoms with Gasteiger partial charge in [-0.1, -0.05) is 30.3 Å². The van der Waals surface area contributed by atoms with Crippen LogP contribution < -0.4 is 5.73 Å². The summed E-state index contributed by atoms with van der Waals surface area (Å²) in [7, 11) is 1.86. The van der Waals surface area contributed by atoms with E-state index in [1.54, 1.807) is 16.2 Å². The number of amides is 1. The third kappa shape index (κ3) is 4.41. The molecule has 0 aliphatic heterocycles. The zero-order valence-electron chi connectivity index (χ0n) is 12.5. The number of nitrogens with zero attached hydrogens (tertiary/aromatic N) is 1. The Morgan fingerprint density at radius 3 is 2.62 bits per heavy atom. The van der Waals surface area contributed by atoms with E-state index >= 15 is 0 Å². The van der Waals surface area contributed by atoms with Crippen molar-refractivity contribution in [2.24, 2.45) is 5.73 Å². The van der Waals surface area contributed by atoms with E-state index in [1.165, 1.54) is 5.56 Å². The van der Waals surface area contributed by atoms with E-state index in [4.69, 9.17) is 5.73 Å². The van der Waals surface area contributed by atoms with Crippen LogP contribution in [0.15, 0.2) is 47.2 Å². The van der Waals surface area contributed by atoms with Gasteiger partial charge in [0.25, 0.3) is 0 Å². The van der Waals surface area contributed by atoms with Gasteiger partial charge in [-0.25, -0.2) is 0 Å². The van der Waals surface area contributed by atoms with Crippen LogP contribution in [0.2, 0.25) is 0 Å². The molecule has 2 N–H and O–H groups in total. The number of thiophene rings is 1. The Morgan fingerprint density at radius 2 is 2.00 bits per heavy atom. The average Bonchev–Trinajstić information content (AvgIpc) is 3.00. The fourth-order valence-corrected chi connectivity index (χ4v) is 2.96. The molecule has 0 bridgehead atoms. The lowest BCUT2D eigenvalue weighted by Gasteiger charge is -2.26. The summed E-state index contributed by atoms with van der Waals surface area (Å²) < 4.78 is 0. The highest BCUT2D eigenvalue weighted by Gasteiger charge is 2.19. The van der Waals surface area contributed by atoms with Crippen LogP contribution >= 0.6 is 11.3 Å². The van der Waals surface area contributed by atoms with E-state index in [-0.39, 0.29) is 18.0 Å². The van der Waals surface area contributed by atoms with Gasteiger partial charge in [0, 0.05) is 25.6 Å². The first-order valence-electron chi connectivity index (χ1n) is 7.15. The fourth-order valence-electron chi connectivity index (χ4n) is 2.28. The van der Waals surface area contributed by atoms with Crippen molar-refractivity contribution >= 4 is 17.2 Å². The standard InChI is InChI=1S/C17H22N2OS/c1-13(10-14-8-9-21-12-14)19(2)17(20)11-16(18)15-6-4-3-5-7-15/h3-9,12-13,16H,10-11,18H2,1-2H3/t13-,16-/m0/s1. The molecule has 2 atom stereocenters. The van der Waals surface area contributed by atoms with Crippen molar-refractivity contribution < 1.29 is 4.79 Å². The zero-order chi connectivity index (χ0) is 15.2. The number of nitrogens with two attached hydrogens (primary N) is 1. The van der Waals surface area contributed by atoms with Crippen LogP contribution in [-0.4, -0.2) is 23.9 Å². The molecule has 1 aromatic carbocycles. The third-order valence-electron chi connectivity index (χ3n) is 3.79. The Bertz CT molecular complexity index is 553. The number of benzene rings is 1. The lowest BCUT2D eigenvalue weighted by Crippen LogP contribution is -2.37. The molecular formula is C17H22N2OS. The SMILES string of the molecule is C[C@@H](Cc1ccsc1)N(C)C(=O)C[C@H](N)c1ccccc1. The molecule has 0 unspecified atom stereocenters. The number of carbonyl (C=O) groups is 1. The fraction of sp³-hybridized carbons (Fsp3) is 0.353. The molecule has 0 saturated carbocycles. The highest BCUT2D eigenvalue weighted by molar-refractivity contribution is 7.07. The van der Waals surface area contributed by atoms with E-state index in [9.17, 15) is 4.79 Å². The first kappa shape index (κ1) is 15.7. The van der Waals surface area contributed by atoms with Gasteiger partial charge < -0.3 is 10.6 Å². The van der Waals surface area contributed by atoms with Crippen LogP contribution in [0.1, 0.15) is 30.5 Å². The quantitative estimate of drug-likeness (QED) is 0.890. The maximum atomic E-state index is 12.3. The van der Waals surface area contributed by atoms with Gasteiger partial charge in [-0.2, -0.15) is 11.3 Å². The predicted octanol–water partition coefficient (Wildman–Crippen LogP) is 3.23. The van der Waals surface area contributed by atoms with Crippen molar-refractivity contribution in [2.45, 2.75) is 31.8 Å². The summed E-state index contributed by atoms with van der Waals surface area (Å²) in [5, 5.41) is 4.19. The maximum absolute atomic E-state index is 12.3. The summed E-state index contributed by atoms with van der Waals surface area (Å²) in [5.74, 6) is 0.0917. The Labute approximate surface area is 130 Å². The largest absolute Gasteiger partial charge is 0.343 e. The van der Waals surface area contributed by atoms with Crippen LogP contribution in [0.25, 0.3) is 0 Å². The first-order valence-corrected chi connectivity index (χ1v) is 8.09. The highest BCUT2D eigenvalue weighted by atomic mass is 32.1. The molecule has 3 nitrogen and oxygen atoms in total. The van der Waals surface area contributed by atoms with E-state index in [2.05, 4.69) is 23.8 Å². The van der Waals surface area contributed by atoms with Gasteiger partial charge in [0.15, 0.2) is 0 Å². The van der Waals surface area contributed by atoms with Crippen molar-refractivity contribution in [1.29, 1.82) is 0 Å². The van der Waals surface area contributed by atoms with Crippen molar-refractivity contribution in [3.63, 3.8) is 0 Å². The molecule has 21 heavy (non-hydrogen) atoms. The second-order valence-corrected chi connectivity index (χ2v) is 6.19. The second kappa shape index (κ2) is 7.38. The number of hydrogen-bond acceptors (Lipinski definition) is 3. The first-order chi connectivity index (χ1) is 10.1. The normalized spacial score (nSPS) is 13.7. The van der Waals surface area contributed by atoms with Gasteiger partial charge in [0.05, 0.1) is 0 Å². The van der Waals surface area contributed by atoms with Crippen molar-refractivity contribution in [3.8, 4) is 0 Å². The van der Waals surface area contributed by atoms with Gasteiger partial charge in [-0.05, 0) is 41.3 Å². The molecule has 112 valence electrons. The molecule has 0 spiro atoms. The topological polar surface area (TPSA) is 46.3 Å². The molecule has 2 rings (SSSR count). The van der Waals surface area contributed by atoms with E-state index in [0.29, 0.717) is 6.42 Å². The van der Waals surface area contributed by atoms with Gasteiger partial charge in [0.2, 0.25) is 5.91 Å². The Morgan fingerprint density at radius 1 is 1.29 bits per heavy atom. The Kier molecular flexibility index (Phi) is 5.53. The number of hydrogen-bond donors (Lipinski definition) is 1. The van der Waals surface area contributed by atoms with Gasteiger partial charge >= 0.3 is 0 Å². The highest BCUT2D eigenvalue weighted by Crippen LogP contribution is 2.17. The smallest absolute Gasteiger partial charge is 0.224 e. The minimum absolute atomic E-state index is 0.0917. The average molecular weight is 302 g/mol. The summed E-state index contributed by atoms with van der Waals surface area (Å²) >= 11 is 1.69. The van der Waals surface area contributed by atoms with Crippen LogP contribution in [0.4, 0.5) is 0 Å². The van der Waals surface area contributed by atoms with Crippen LogP contribution in [0.3, 0.4) is 0 Å². The molecule has 1 amide bonds. The molecule has 0 aliphatic rings. The summed E-state index contributed by atoms with van der Waals surface area (Å²) in [4.78, 5) is 14.2. The van der Waals surface area contributed by atoms with Gasteiger partial charge in [-0.15, -0.1) is 0 Å². The Hall–Kier alpha value is -1.65. The number of carbonyl (C=O) groups excluding carboxylic acids is 1. The molecule has 0 saturated heterocycles. The Balaban J connectivity index is 1.90. The zero-order valence-corrected chi connectivity index (χ0v) is 13.3. The van der Waals surface area contributed by atoms with Gasteiger partial charge in [-0.3, -0.25) is 4.79 Å². The molecule has 1 heterocycles. The molecule has 2 aromatic rings. The molecule has 1 aromatic heterocycles. The van der Waals surface area contributed by atoms with E-state index < -0.39 is 0 Å². The lowest BCUT2D eigenvalue weighted by atomic mass is 10.0. The number of rotatable bonds is 6. The molecule has 0 fully saturated rings. The van der Waals surface area contributed by atoms with Crippen LogP contribution in [-0.2, 0) is 11.2 Å². The maximum Gasteiger partial charge on any atom is 0.224 e. The van der Waals surface area contributed by atoms with E-state index in [1.807, 2.05) is 37.4 Å². The van der Waals surface area contributed by atoms with E-state index in [0.717, 1.165) is 12.0 Å². The van der Waals surface area contributed by atoms with Gasteiger partial charge in [0.1, 0.15) is 0 Å². The summed E-state index contributed by atoms with van der Waals surface area (Å²) in [6, 6.07) is 11.8. The van der Waals surface area contributed by atoms with Crippen molar-refractivity contribution in [1.82, 2.24) is 4.90 Å². The molecule has 4 heteroatoms. The molecule has 0 aliphatic carbocycles. The van der Waals surface area contributed by atoms with Crippen molar-refractivity contribution in [3.05, 3.63) is 58.3 Å². The lowest BCUT2D eigenvalue weighted by molar-refractivity contribution is -0.132. The summed E-state index contributed by atoms with van der Waals surface area (Å²) in [6.07, 6.45) is 1.22. The number of likely N-dealkylation sites (N-methyl/N-ethyl adjacent to an activating group) is 1. The minimum Gasteiger partial charge on any atom is -0.343 e. The predicted molar refractivity (Wildman–Crippen MR) is 88.2 cm³/mol. The van der Waals surface area contributed by atoms with Crippen LogP contribution in [0.5, 0.6) is 0 Å². The third-order valence-corrected chi connectivity index (χ3v) is 4.52.